The van der Waals surface area contributed by atoms with Crippen LogP contribution in [-0.2, 0) is 9.47 Å². The second-order valence-corrected chi connectivity index (χ2v) is 2.80. The summed E-state index contributed by atoms with van der Waals surface area (Å²) in [6, 6.07) is 0. The molecule has 0 radical (unpaired) electrons. The third-order valence-electron chi connectivity index (χ3n) is 1.83. The van der Waals surface area contributed by atoms with Crippen LogP contribution in [0.15, 0.2) is 0 Å². The first-order valence-corrected chi connectivity index (χ1v) is 4.27. The number of nitrogens with one attached hydrogen (secondary N) is 1. The van der Waals surface area contributed by atoms with Crippen molar-refractivity contribution in [3.8, 4) is 0 Å². The summed E-state index contributed by atoms with van der Waals surface area (Å²) in [5, 5.41) is 3.30. The number of hydrogen-bond donors (Lipinski definition) is 1. The molecule has 3 nitrogen and oxygen atoms in total. The van der Waals surface area contributed by atoms with Gasteiger partial charge in [-0.05, 0) is 25.8 Å². The van der Waals surface area contributed by atoms with Gasteiger partial charge in [0, 0.05) is 20.3 Å². The van der Waals surface area contributed by atoms with Crippen molar-refractivity contribution >= 4 is 0 Å². The van der Waals surface area contributed by atoms with E-state index in [2.05, 4.69) is 5.32 Å². The second-order valence-electron chi connectivity index (χ2n) is 2.80. The van der Waals surface area contributed by atoms with Gasteiger partial charge in [0.15, 0.2) is 0 Å². The van der Waals surface area contributed by atoms with Gasteiger partial charge in [-0.3, -0.25) is 5.32 Å². The number of rotatable bonds is 4. The molecule has 0 saturated carbocycles. The van der Waals surface area contributed by atoms with Crippen molar-refractivity contribution in [1.82, 2.24) is 5.32 Å². The van der Waals surface area contributed by atoms with Crippen molar-refractivity contribution in [2.24, 2.45) is 0 Å². The minimum absolute atomic E-state index is 0.277. The van der Waals surface area contributed by atoms with Crippen LogP contribution >= 0.6 is 0 Å². The van der Waals surface area contributed by atoms with Gasteiger partial charge in [0.1, 0.15) is 6.23 Å². The minimum atomic E-state index is 0.277. The fraction of sp³-hybridized carbons (Fsp3) is 1.00. The molecule has 66 valence electrons. The maximum absolute atomic E-state index is 5.46. The highest BCUT2D eigenvalue weighted by atomic mass is 16.5. The Morgan fingerprint density at radius 1 is 1.64 bits per heavy atom. The minimum Gasteiger partial charge on any atom is -0.385 e. The molecule has 3 heteroatoms. The lowest BCUT2D eigenvalue weighted by Gasteiger charge is -2.23. The molecule has 0 amide bonds. The molecule has 1 aliphatic heterocycles. The second kappa shape index (κ2) is 5.52. The first-order chi connectivity index (χ1) is 5.43. The Hall–Kier alpha value is -0.120. The van der Waals surface area contributed by atoms with Gasteiger partial charge in [0.05, 0.1) is 0 Å². The lowest BCUT2D eigenvalue weighted by Crippen LogP contribution is -2.38. The topological polar surface area (TPSA) is 30.5 Å². The third kappa shape index (κ3) is 3.70. The Balaban J connectivity index is 1.96. The van der Waals surface area contributed by atoms with Crippen LogP contribution in [-0.4, -0.2) is 33.1 Å². The predicted octanol–water partition coefficient (Wildman–Crippen LogP) is 0.749. The van der Waals surface area contributed by atoms with Crippen LogP contribution in [0.25, 0.3) is 0 Å². The van der Waals surface area contributed by atoms with Gasteiger partial charge in [-0.25, -0.2) is 0 Å². The van der Waals surface area contributed by atoms with Crippen LogP contribution in [0.2, 0.25) is 0 Å². The number of ether oxygens (including phenoxy) is 2. The van der Waals surface area contributed by atoms with E-state index in [0.717, 1.165) is 39.0 Å². The van der Waals surface area contributed by atoms with E-state index in [1.807, 2.05) is 0 Å². The SMILES string of the molecule is COCCCC1NCCCO1. The Labute approximate surface area is 68.1 Å². The maximum Gasteiger partial charge on any atom is 0.108 e. The maximum atomic E-state index is 5.46. The average molecular weight is 159 g/mol. The standard InChI is InChI=1S/C8H17NO2/c1-10-6-2-4-8-9-5-3-7-11-8/h8-9H,2-7H2,1H3. The highest BCUT2D eigenvalue weighted by Gasteiger charge is 2.11. The van der Waals surface area contributed by atoms with Gasteiger partial charge in [-0.2, -0.15) is 0 Å². The van der Waals surface area contributed by atoms with Crippen molar-refractivity contribution < 1.29 is 9.47 Å². The quantitative estimate of drug-likeness (QED) is 0.614. The molecule has 0 aliphatic carbocycles. The van der Waals surface area contributed by atoms with Gasteiger partial charge in [-0.1, -0.05) is 0 Å². The molecule has 0 aromatic heterocycles. The van der Waals surface area contributed by atoms with Crippen molar-refractivity contribution in [2.45, 2.75) is 25.5 Å². The molecule has 0 aromatic rings. The zero-order valence-electron chi connectivity index (χ0n) is 7.14. The molecular weight excluding hydrogens is 142 g/mol. The zero-order chi connectivity index (χ0) is 7.94. The lowest BCUT2D eigenvalue weighted by molar-refractivity contribution is -0.00805. The molecule has 0 spiro atoms. The monoisotopic (exact) mass is 159 g/mol. The van der Waals surface area contributed by atoms with Crippen molar-refractivity contribution in [3.05, 3.63) is 0 Å². The Morgan fingerprint density at radius 3 is 3.18 bits per heavy atom. The van der Waals surface area contributed by atoms with Gasteiger partial charge < -0.3 is 9.47 Å². The van der Waals surface area contributed by atoms with Crippen LogP contribution in [0.4, 0.5) is 0 Å². The molecule has 11 heavy (non-hydrogen) atoms. The molecule has 1 saturated heterocycles. The number of methoxy groups -OCH3 is 1. The largest absolute Gasteiger partial charge is 0.385 e. The number of hydrogen-bond acceptors (Lipinski definition) is 3. The summed E-state index contributed by atoms with van der Waals surface area (Å²) in [6.07, 6.45) is 3.56. The van der Waals surface area contributed by atoms with Crippen LogP contribution in [0.1, 0.15) is 19.3 Å². The van der Waals surface area contributed by atoms with E-state index >= 15 is 0 Å². The van der Waals surface area contributed by atoms with Gasteiger partial charge in [0.2, 0.25) is 0 Å². The molecule has 1 fully saturated rings. The summed E-state index contributed by atoms with van der Waals surface area (Å²) < 4.78 is 10.4. The zero-order valence-corrected chi connectivity index (χ0v) is 7.14. The van der Waals surface area contributed by atoms with E-state index < -0.39 is 0 Å². The summed E-state index contributed by atoms with van der Waals surface area (Å²) in [4.78, 5) is 0. The summed E-state index contributed by atoms with van der Waals surface area (Å²) >= 11 is 0. The lowest BCUT2D eigenvalue weighted by atomic mass is 10.2. The van der Waals surface area contributed by atoms with E-state index in [4.69, 9.17) is 9.47 Å². The van der Waals surface area contributed by atoms with Crippen LogP contribution in [0, 0.1) is 0 Å². The van der Waals surface area contributed by atoms with E-state index in [1.54, 1.807) is 7.11 Å². The van der Waals surface area contributed by atoms with E-state index in [-0.39, 0.29) is 6.23 Å². The fourth-order valence-electron chi connectivity index (χ4n) is 1.22. The molecule has 1 N–H and O–H groups in total. The van der Waals surface area contributed by atoms with Crippen LogP contribution in [0.3, 0.4) is 0 Å². The summed E-state index contributed by atoms with van der Waals surface area (Å²) in [7, 11) is 1.73. The van der Waals surface area contributed by atoms with Gasteiger partial charge in [0.25, 0.3) is 0 Å². The van der Waals surface area contributed by atoms with Crippen molar-refractivity contribution in [2.75, 3.05) is 26.9 Å². The average Bonchev–Trinajstić information content (AvgIpc) is 2.07. The van der Waals surface area contributed by atoms with Crippen LogP contribution < -0.4 is 5.32 Å². The fourth-order valence-corrected chi connectivity index (χ4v) is 1.22. The van der Waals surface area contributed by atoms with Gasteiger partial charge >= 0.3 is 0 Å². The smallest absolute Gasteiger partial charge is 0.108 e. The highest BCUT2D eigenvalue weighted by molar-refractivity contribution is 4.61. The van der Waals surface area contributed by atoms with E-state index in [0.29, 0.717) is 0 Å². The molecular formula is C8H17NO2. The summed E-state index contributed by atoms with van der Waals surface area (Å²) in [5.41, 5.74) is 0. The molecule has 1 unspecified atom stereocenters. The Morgan fingerprint density at radius 2 is 2.55 bits per heavy atom. The summed E-state index contributed by atoms with van der Waals surface area (Å²) in [6.45, 7) is 2.84. The molecule has 1 atom stereocenters. The molecule has 1 aliphatic rings. The first-order valence-electron chi connectivity index (χ1n) is 4.27. The van der Waals surface area contributed by atoms with Gasteiger partial charge in [-0.15, -0.1) is 0 Å². The van der Waals surface area contributed by atoms with E-state index in [1.165, 1.54) is 0 Å². The Bertz CT molecular complexity index is 92.1. The Kier molecular flexibility index (Phi) is 4.50. The normalized spacial score (nSPS) is 25.4. The van der Waals surface area contributed by atoms with E-state index in [9.17, 15) is 0 Å². The van der Waals surface area contributed by atoms with Crippen molar-refractivity contribution in [1.29, 1.82) is 0 Å². The third-order valence-corrected chi connectivity index (χ3v) is 1.83. The molecule has 1 heterocycles. The predicted molar refractivity (Wildman–Crippen MR) is 43.5 cm³/mol. The summed E-state index contributed by atoms with van der Waals surface area (Å²) in [5.74, 6) is 0. The molecule has 0 bridgehead atoms. The highest BCUT2D eigenvalue weighted by Crippen LogP contribution is 2.04. The first kappa shape index (κ1) is 8.97. The van der Waals surface area contributed by atoms with Crippen molar-refractivity contribution in [3.63, 3.8) is 0 Å². The molecule has 0 aromatic carbocycles. The molecule has 1 rings (SSSR count). The van der Waals surface area contributed by atoms with Crippen LogP contribution in [0.5, 0.6) is 0 Å².